The van der Waals surface area contributed by atoms with Gasteiger partial charge in [0.1, 0.15) is 0 Å². The molecule has 17 heavy (non-hydrogen) atoms. The average Bonchev–Trinajstić information content (AvgIpc) is 2.82. The topological polar surface area (TPSA) is 55.1 Å². The third-order valence-corrected chi connectivity index (χ3v) is 4.04. The molecule has 3 heteroatoms. The molecule has 1 amide bonds. The lowest BCUT2D eigenvalue weighted by molar-refractivity contribution is -0.126. The average molecular weight is 236 g/mol. The van der Waals surface area contributed by atoms with Crippen molar-refractivity contribution in [2.24, 2.45) is 11.7 Å². The summed E-state index contributed by atoms with van der Waals surface area (Å²) < 4.78 is 0. The molecule has 3 nitrogen and oxygen atoms in total. The molecule has 2 rings (SSSR count). The number of allylic oxidation sites excluding steroid dienone is 1. The molecule has 0 bridgehead atoms. The summed E-state index contributed by atoms with van der Waals surface area (Å²) in [6.07, 6.45) is 11.4. The Labute approximate surface area is 104 Å². The third-order valence-electron chi connectivity index (χ3n) is 4.04. The van der Waals surface area contributed by atoms with Gasteiger partial charge in [-0.05, 0) is 38.5 Å². The summed E-state index contributed by atoms with van der Waals surface area (Å²) in [6, 6.07) is 0.0782. The minimum Gasteiger partial charge on any atom is -0.355 e. The van der Waals surface area contributed by atoms with Gasteiger partial charge in [0.2, 0.25) is 5.91 Å². The molecule has 2 aliphatic rings. The Kier molecular flexibility index (Phi) is 4.60. The summed E-state index contributed by atoms with van der Waals surface area (Å²) in [5.41, 5.74) is 7.51. The smallest absolute Gasteiger partial charge is 0.224 e. The Bertz CT molecular complexity index is 299. The zero-order valence-electron chi connectivity index (χ0n) is 10.6. The summed E-state index contributed by atoms with van der Waals surface area (Å²) in [5, 5.41) is 3.05. The van der Waals surface area contributed by atoms with Crippen molar-refractivity contribution in [2.75, 3.05) is 6.54 Å². The first kappa shape index (κ1) is 12.6. The molecule has 1 saturated carbocycles. The number of nitrogens with one attached hydrogen (secondary N) is 1. The predicted octanol–water partition coefficient (Wildman–Crippen LogP) is 2.12. The quantitative estimate of drug-likeness (QED) is 0.735. The first-order valence-corrected chi connectivity index (χ1v) is 6.98. The molecule has 0 aromatic rings. The summed E-state index contributed by atoms with van der Waals surface area (Å²) in [5.74, 6) is 0.233. The predicted molar refractivity (Wildman–Crippen MR) is 69.5 cm³/mol. The fraction of sp³-hybridized carbons (Fsp3) is 0.786. The van der Waals surface area contributed by atoms with Gasteiger partial charge in [0.15, 0.2) is 0 Å². The molecule has 1 fully saturated rings. The van der Waals surface area contributed by atoms with Crippen molar-refractivity contribution in [2.45, 2.75) is 57.4 Å². The van der Waals surface area contributed by atoms with Gasteiger partial charge in [0, 0.05) is 12.6 Å². The largest absolute Gasteiger partial charge is 0.355 e. The molecule has 0 aromatic heterocycles. The van der Waals surface area contributed by atoms with Crippen molar-refractivity contribution in [3.05, 3.63) is 11.6 Å². The molecule has 3 N–H and O–H groups in total. The van der Waals surface area contributed by atoms with Gasteiger partial charge in [0.25, 0.3) is 0 Å². The van der Waals surface area contributed by atoms with Gasteiger partial charge in [-0.1, -0.05) is 24.5 Å². The van der Waals surface area contributed by atoms with Crippen molar-refractivity contribution in [3.63, 3.8) is 0 Å². The SMILES string of the molecule is NC1CCCCC1C(=O)NCCC1=CCCC1. The molecular weight excluding hydrogens is 212 g/mol. The maximum absolute atomic E-state index is 12.0. The monoisotopic (exact) mass is 236 g/mol. The number of carbonyl (C=O) groups is 1. The number of hydrogen-bond acceptors (Lipinski definition) is 2. The fourth-order valence-electron chi connectivity index (χ4n) is 2.93. The van der Waals surface area contributed by atoms with Crippen LogP contribution in [0.1, 0.15) is 51.4 Å². The molecule has 0 aromatic carbocycles. The lowest BCUT2D eigenvalue weighted by Crippen LogP contribution is -2.43. The highest BCUT2D eigenvalue weighted by atomic mass is 16.1. The van der Waals surface area contributed by atoms with Gasteiger partial charge in [-0.15, -0.1) is 0 Å². The first-order valence-electron chi connectivity index (χ1n) is 6.98. The standard InChI is InChI=1S/C14H24N2O/c15-13-8-4-3-7-12(13)14(17)16-10-9-11-5-1-2-6-11/h5,12-13H,1-4,6-10,15H2,(H,16,17). The van der Waals surface area contributed by atoms with E-state index in [0.717, 1.165) is 32.2 Å². The summed E-state index contributed by atoms with van der Waals surface area (Å²) in [6.45, 7) is 0.786. The number of nitrogens with two attached hydrogens (primary N) is 1. The van der Waals surface area contributed by atoms with Gasteiger partial charge in [-0.3, -0.25) is 4.79 Å². The van der Waals surface area contributed by atoms with Crippen LogP contribution in [0.3, 0.4) is 0 Å². The summed E-state index contributed by atoms with van der Waals surface area (Å²) >= 11 is 0. The highest BCUT2D eigenvalue weighted by Gasteiger charge is 2.27. The number of hydrogen-bond donors (Lipinski definition) is 2. The van der Waals surface area contributed by atoms with Crippen LogP contribution in [0, 0.1) is 5.92 Å². The van der Waals surface area contributed by atoms with Crippen molar-refractivity contribution in [1.29, 1.82) is 0 Å². The minimum atomic E-state index is 0.0568. The van der Waals surface area contributed by atoms with Crippen LogP contribution >= 0.6 is 0 Å². The Morgan fingerprint density at radius 3 is 2.88 bits per heavy atom. The van der Waals surface area contributed by atoms with Crippen molar-refractivity contribution >= 4 is 5.91 Å². The van der Waals surface area contributed by atoms with Crippen LogP contribution in [0.2, 0.25) is 0 Å². The van der Waals surface area contributed by atoms with E-state index in [1.54, 1.807) is 0 Å². The van der Waals surface area contributed by atoms with E-state index in [1.165, 1.54) is 31.3 Å². The lowest BCUT2D eigenvalue weighted by Gasteiger charge is -2.27. The first-order chi connectivity index (χ1) is 8.27. The highest BCUT2D eigenvalue weighted by Crippen LogP contribution is 2.23. The van der Waals surface area contributed by atoms with Gasteiger partial charge >= 0.3 is 0 Å². The molecule has 0 radical (unpaired) electrons. The van der Waals surface area contributed by atoms with Crippen molar-refractivity contribution < 1.29 is 4.79 Å². The van der Waals surface area contributed by atoms with Crippen molar-refractivity contribution in [3.8, 4) is 0 Å². The van der Waals surface area contributed by atoms with Crippen LogP contribution in [-0.2, 0) is 4.79 Å². The molecular formula is C14H24N2O. The Morgan fingerprint density at radius 1 is 1.35 bits per heavy atom. The Balaban J connectivity index is 1.69. The summed E-state index contributed by atoms with van der Waals surface area (Å²) in [4.78, 5) is 12.0. The normalized spacial score (nSPS) is 28.9. The van der Waals surface area contributed by atoms with Gasteiger partial charge in [-0.2, -0.15) is 0 Å². The van der Waals surface area contributed by atoms with E-state index < -0.39 is 0 Å². The lowest BCUT2D eigenvalue weighted by atomic mass is 9.84. The van der Waals surface area contributed by atoms with Crippen LogP contribution in [0.4, 0.5) is 0 Å². The molecule has 0 saturated heterocycles. The van der Waals surface area contributed by atoms with Crippen LogP contribution in [0.25, 0.3) is 0 Å². The number of amides is 1. The molecule has 2 unspecified atom stereocenters. The second-order valence-corrected chi connectivity index (χ2v) is 5.35. The molecule has 0 heterocycles. The van der Waals surface area contributed by atoms with E-state index >= 15 is 0 Å². The second-order valence-electron chi connectivity index (χ2n) is 5.35. The maximum Gasteiger partial charge on any atom is 0.224 e. The third kappa shape index (κ3) is 3.56. The number of carbonyl (C=O) groups excluding carboxylic acids is 1. The van der Waals surface area contributed by atoms with E-state index in [1.807, 2.05) is 0 Å². The zero-order chi connectivity index (χ0) is 12.1. The van der Waals surface area contributed by atoms with Crippen LogP contribution < -0.4 is 11.1 Å². The molecule has 2 atom stereocenters. The van der Waals surface area contributed by atoms with Crippen LogP contribution in [0.5, 0.6) is 0 Å². The van der Waals surface area contributed by atoms with Crippen LogP contribution in [0.15, 0.2) is 11.6 Å². The van der Waals surface area contributed by atoms with E-state index in [0.29, 0.717) is 0 Å². The van der Waals surface area contributed by atoms with Gasteiger partial charge in [0.05, 0.1) is 5.92 Å². The Hall–Kier alpha value is -0.830. The van der Waals surface area contributed by atoms with Crippen LogP contribution in [-0.4, -0.2) is 18.5 Å². The maximum atomic E-state index is 12.0. The zero-order valence-corrected chi connectivity index (χ0v) is 10.6. The second kappa shape index (κ2) is 6.20. The highest BCUT2D eigenvalue weighted by molar-refractivity contribution is 5.79. The van der Waals surface area contributed by atoms with Gasteiger partial charge in [-0.25, -0.2) is 0 Å². The Morgan fingerprint density at radius 2 is 2.18 bits per heavy atom. The number of rotatable bonds is 4. The van der Waals surface area contributed by atoms with Crippen molar-refractivity contribution in [1.82, 2.24) is 5.32 Å². The molecule has 0 aliphatic heterocycles. The van der Waals surface area contributed by atoms with E-state index in [2.05, 4.69) is 11.4 Å². The van der Waals surface area contributed by atoms with E-state index in [4.69, 9.17) is 5.73 Å². The molecule has 96 valence electrons. The molecule has 2 aliphatic carbocycles. The van der Waals surface area contributed by atoms with E-state index in [9.17, 15) is 4.79 Å². The van der Waals surface area contributed by atoms with E-state index in [-0.39, 0.29) is 17.9 Å². The summed E-state index contributed by atoms with van der Waals surface area (Å²) in [7, 11) is 0. The minimum absolute atomic E-state index is 0.0568. The van der Waals surface area contributed by atoms with Gasteiger partial charge < -0.3 is 11.1 Å². The fourth-order valence-corrected chi connectivity index (χ4v) is 2.93. The molecule has 0 spiro atoms.